The van der Waals surface area contributed by atoms with Crippen molar-refractivity contribution in [2.45, 2.75) is 6.61 Å². The molecule has 0 unspecified atom stereocenters. The van der Waals surface area contributed by atoms with Gasteiger partial charge in [0, 0.05) is 20.4 Å². The molecule has 0 saturated heterocycles. The molecule has 1 N–H and O–H groups in total. The number of aliphatic hydroxyl groups excluding tert-OH is 1. The second-order valence-corrected chi connectivity index (χ2v) is 1.24. The Morgan fingerprint density at radius 1 is 1.62 bits per heavy atom. The Kier molecular flexibility index (Phi) is 3.80. The van der Waals surface area contributed by atoms with E-state index in [1.807, 2.05) is 0 Å². The average molecular weight is 205 g/mol. The molecule has 0 bridgehead atoms. The summed E-state index contributed by atoms with van der Waals surface area (Å²) in [6, 6.07) is 3.46. The second kappa shape index (κ2) is 3.85. The molecule has 0 aromatic carbocycles. The molecule has 0 aliphatic heterocycles. The third-order valence-electron chi connectivity index (χ3n) is 0.736. The number of rotatable bonds is 1. The summed E-state index contributed by atoms with van der Waals surface area (Å²) >= 11 is 0. The zero-order valence-electron chi connectivity index (χ0n) is 4.11. The maximum atomic E-state index is 8.33. The maximum absolute atomic E-state index is 8.33. The zero-order valence-corrected chi connectivity index (χ0v) is 5.67. The van der Waals surface area contributed by atoms with Crippen molar-refractivity contribution in [3.05, 3.63) is 24.2 Å². The van der Waals surface area contributed by atoms with Crippen LogP contribution < -0.4 is 0 Å². The molecule has 48 valence electrons. The fraction of sp³-hybridized carbons (Fsp3) is 0.200. The van der Waals surface area contributed by atoms with Gasteiger partial charge in [0.05, 0.1) is 6.26 Å². The van der Waals surface area contributed by atoms with Gasteiger partial charge in [0.1, 0.15) is 12.4 Å². The summed E-state index contributed by atoms with van der Waals surface area (Å²) in [5, 5.41) is 8.33. The first-order valence-electron chi connectivity index (χ1n) is 2.06. The average Bonchev–Trinajstić information content (AvgIpc) is 2.14. The van der Waals surface area contributed by atoms with Crippen LogP contribution in [0.5, 0.6) is 0 Å². The van der Waals surface area contributed by atoms with E-state index in [9.17, 15) is 0 Å². The van der Waals surface area contributed by atoms with Crippen LogP contribution in [-0.2, 0) is 27.0 Å². The van der Waals surface area contributed by atoms with Gasteiger partial charge in [-0.2, -0.15) is 0 Å². The van der Waals surface area contributed by atoms with Gasteiger partial charge in [-0.05, 0) is 12.1 Å². The second-order valence-electron chi connectivity index (χ2n) is 1.24. The Labute approximate surface area is 61.2 Å². The van der Waals surface area contributed by atoms with Gasteiger partial charge < -0.3 is 9.52 Å². The van der Waals surface area contributed by atoms with E-state index in [0.717, 1.165) is 0 Å². The first-order chi connectivity index (χ1) is 3.43. The van der Waals surface area contributed by atoms with E-state index in [0.29, 0.717) is 5.76 Å². The van der Waals surface area contributed by atoms with Gasteiger partial charge >= 0.3 is 0 Å². The molecule has 1 aromatic rings. The van der Waals surface area contributed by atoms with Crippen LogP contribution in [0.4, 0.5) is 0 Å². The topological polar surface area (TPSA) is 33.4 Å². The first-order valence-corrected chi connectivity index (χ1v) is 2.06. The molecule has 1 rings (SSSR count). The van der Waals surface area contributed by atoms with Crippen LogP contribution in [-0.4, -0.2) is 5.11 Å². The van der Waals surface area contributed by atoms with Crippen molar-refractivity contribution in [2.75, 3.05) is 0 Å². The third-order valence-corrected chi connectivity index (χ3v) is 0.736. The molecule has 3 heteroatoms. The van der Waals surface area contributed by atoms with Crippen molar-refractivity contribution >= 4 is 0 Å². The van der Waals surface area contributed by atoms with Crippen molar-refractivity contribution in [3.8, 4) is 0 Å². The summed E-state index contributed by atoms with van der Waals surface area (Å²) in [4.78, 5) is 0. The maximum Gasteiger partial charge on any atom is 0.129 e. The van der Waals surface area contributed by atoms with Crippen LogP contribution >= 0.6 is 0 Å². The van der Waals surface area contributed by atoms with Crippen molar-refractivity contribution in [1.29, 1.82) is 0 Å². The standard InChI is InChI=1S/C5H6O2.Pd/c6-4-5-2-1-3-7-5;/h1-3,6H,4H2;. The molecule has 0 atom stereocenters. The Bertz CT molecular complexity index is 125. The van der Waals surface area contributed by atoms with Gasteiger partial charge in [0.15, 0.2) is 0 Å². The Morgan fingerprint density at radius 3 is 2.62 bits per heavy atom. The fourth-order valence-corrected chi connectivity index (χ4v) is 0.403. The SMILES string of the molecule is OCc1ccco1.[Pd]. The minimum absolute atomic E-state index is 0. The number of aliphatic hydroxyl groups is 1. The van der Waals surface area contributed by atoms with Crippen LogP contribution in [0.3, 0.4) is 0 Å². The van der Waals surface area contributed by atoms with Gasteiger partial charge in [-0.1, -0.05) is 0 Å². The van der Waals surface area contributed by atoms with E-state index < -0.39 is 0 Å². The summed E-state index contributed by atoms with van der Waals surface area (Å²) in [6.07, 6.45) is 1.53. The molecule has 1 aromatic heterocycles. The van der Waals surface area contributed by atoms with Gasteiger partial charge in [-0.15, -0.1) is 0 Å². The number of furan rings is 1. The molecule has 0 fully saturated rings. The summed E-state index contributed by atoms with van der Waals surface area (Å²) in [7, 11) is 0. The van der Waals surface area contributed by atoms with Gasteiger partial charge in [-0.3, -0.25) is 0 Å². The quantitative estimate of drug-likeness (QED) is 0.686. The van der Waals surface area contributed by atoms with E-state index in [4.69, 9.17) is 9.52 Å². The zero-order chi connectivity index (χ0) is 5.11. The molecule has 0 radical (unpaired) electrons. The number of hydrogen-bond acceptors (Lipinski definition) is 2. The minimum Gasteiger partial charge on any atom is -0.467 e. The molecular formula is C5H6O2Pd. The van der Waals surface area contributed by atoms with Crippen molar-refractivity contribution < 1.29 is 29.9 Å². The normalized spacial score (nSPS) is 8.12. The van der Waals surface area contributed by atoms with Gasteiger partial charge in [-0.25, -0.2) is 0 Å². The van der Waals surface area contributed by atoms with Gasteiger partial charge in [0.25, 0.3) is 0 Å². The molecule has 2 nitrogen and oxygen atoms in total. The summed E-state index contributed by atoms with van der Waals surface area (Å²) < 4.78 is 4.73. The fourth-order valence-electron chi connectivity index (χ4n) is 0.403. The third kappa shape index (κ3) is 1.79. The molecule has 0 saturated carbocycles. The van der Waals surface area contributed by atoms with Crippen molar-refractivity contribution in [3.63, 3.8) is 0 Å². The van der Waals surface area contributed by atoms with Crippen LogP contribution in [0, 0.1) is 0 Å². The minimum atomic E-state index is -0.00694. The van der Waals surface area contributed by atoms with Gasteiger partial charge in [0.2, 0.25) is 0 Å². The smallest absolute Gasteiger partial charge is 0.129 e. The molecule has 0 spiro atoms. The molecule has 0 aliphatic carbocycles. The van der Waals surface area contributed by atoms with Crippen molar-refractivity contribution in [1.82, 2.24) is 0 Å². The molecule has 8 heavy (non-hydrogen) atoms. The van der Waals surface area contributed by atoms with E-state index >= 15 is 0 Å². The summed E-state index contributed by atoms with van der Waals surface area (Å²) in [5.74, 6) is 0.611. The van der Waals surface area contributed by atoms with Crippen LogP contribution in [0.2, 0.25) is 0 Å². The molecule has 0 amide bonds. The van der Waals surface area contributed by atoms with Crippen LogP contribution in [0.25, 0.3) is 0 Å². The summed E-state index contributed by atoms with van der Waals surface area (Å²) in [5.41, 5.74) is 0. The monoisotopic (exact) mass is 204 g/mol. The van der Waals surface area contributed by atoms with E-state index in [1.165, 1.54) is 6.26 Å². The Hall–Kier alpha value is -0.0977. The number of hydrogen-bond donors (Lipinski definition) is 1. The largest absolute Gasteiger partial charge is 0.467 e. The Balaban J connectivity index is 0.000000490. The molecular weight excluding hydrogens is 198 g/mol. The van der Waals surface area contributed by atoms with Crippen LogP contribution in [0.1, 0.15) is 5.76 Å². The first kappa shape index (κ1) is 7.90. The van der Waals surface area contributed by atoms with E-state index in [2.05, 4.69) is 0 Å². The summed E-state index contributed by atoms with van der Waals surface area (Å²) in [6.45, 7) is -0.00694. The predicted molar refractivity (Wildman–Crippen MR) is 24.6 cm³/mol. The van der Waals surface area contributed by atoms with E-state index in [1.54, 1.807) is 12.1 Å². The molecule has 1 heterocycles. The van der Waals surface area contributed by atoms with Crippen LogP contribution in [0.15, 0.2) is 22.8 Å². The van der Waals surface area contributed by atoms with Crippen molar-refractivity contribution in [2.24, 2.45) is 0 Å². The van der Waals surface area contributed by atoms with E-state index in [-0.39, 0.29) is 27.0 Å². The Morgan fingerprint density at radius 2 is 2.38 bits per heavy atom. The molecule has 0 aliphatic rings. The predicted octanol–water partition coefficient (Wildman–Crippen LogP) is 0.769.